The van der Waals surface area contributed by atoms with Crippen molar-refractivity contribution in [2.45, 2.75) is 25.8 Å². The summed E-state index contributed by atoms with van der Waals surface area (Å²) in [6.45, 7) is 2.32. The summed E-state index contributed by atoms with van der Waals surface area (Å²) in [7, 11) is 0. The second-order valence-corrected chi connectivity index (χ2v) is 13.1. The molecule has 0 spiro atoms. The van der Waals surface area contributed by atoms with Crippen LogP contribution in [0.3, 0.4) is 0 Å². The van der Waals surface area contributed by atoms with Gasteiger partial charge in [-0.25, -0.2) is 0 Å². The molecule has 0 saturated carbocycles. The van der Waals surface area contributed by atoms with Gasteiger partial charge in [0.25, 0.3) is 0 Å². The fraction of sp³-hybridized carbons (Fsp3) is 0.136. The van der Waals surface area contributed by atoms with E-state index in [9.17, 15) is 0 Å². The van der Waals surface area contributed by atoms with Gasteiger partial charge in [-0.3, -0.25) is 0 Å². The third-order valence-electron chi connectivity index (χ3n) is 10.1. The predicted molar refractivity (Wildman–Crippen MR) is 193 cm³/mol. The molecule has 1 aliphatic heterocycles. The van der Waals surface area contributed by atoms with Gasteiger partial charge in [0.1, 0.15) is 0 Å². The van der Waals surface area contributed by atoms with Crippen molar-refractivity contribution in [3.63, 3.8) is 0 Å². The molecule has 1 aromatic heterocycles. The molecular formula is C44H36N2. The Morgan fingerprint density at radius 3 is 1.83 bits per heavy atom. The summed E-state index contributed by atoms with van der Waals surface area (Å²) in [5.41, 5.74) is 13.1. The summed E-state index contributed by atoms with van der Waals surface area (Å²) in [4.78, 5) is 2.59. The first-order chi connectivity index (χ1) is 22.7. The molecule has 0 N–H and O–H groups in total. The zero-order chi connectivity index (χ0) is 30.6. The first kappa shape index (κ1) is 27.0. The van der Waals surface area contributed by atoms with Gasteiger partial charge in [0.2, 0.25) is 0 Å². The highest BCUT2D eigenvalue weighted by molar-refractivity contribution is 6.09. The normalized spacial score (nSPS) is 20.1. The van der Waals surface area contributed by atoms with Crippen molar-refractivity contribution in [2.75, 3.05) is 4.90 Å². The van der Waals surface area contributed by atoms with Crippen molar-refractivity contribution in [2.24, 2.45) is 11.8 Å². The number of anilines is 1. The van der Waals surface area contributed by atoms with Crippen LogP contribution in [0, 0.1) is 11.8 Å². The van der Waals surface area contributed by atoms with Crippen molar-refractivity contribution >= 4 is 27.5 Å². The maximum atomic E-state index is 2.59. The second-order valence-electron chi connectivity index (χ2n) is 13.1. The Morgan fingerprint density at radius 1 is 0.587 bits per heavy atom. The second kappa shape index (κ2) is 10.9. The number of para-hydroxylation sites is 2. The van der Waals surface area contributed by atoms with Crippen molar-refractivity contribution < 1.29 is 0 Å². The van der Waals surface area contributed by atoms with Crippen LogP contribution >= 0.6 is 0 Å². The van der Waals surface area contributed by atoms with E-state index in [1.807, 2.05) is 0 Å². The Hall–Kier alpha value is -5.34. The molecule has 0 saturated heterocycles. The van der Waals surface area contributed by atoms with Crippen molar-refractivity contribution in [1.82, 2.24) is 4.57 Å². The van der Waals surface area contributed by atoms with Crippen LogP contribution in [0.5, 0.6) is 0 Å². The Bertz CT molecular complexity index is 2150. The van der Waals surface area contributed by atoms with Gasteiger partial charge < -0.3 is 9.47 Å². The Morgan fingerprint density at radius 2 is 1.15 bits per heavy atom. The number of fused-ring (bicyclic) bond motifs is 5. The highest BCUT2D eigenvalue weighted by Gasteiger charge is 2.39. The van der Waals surface area contributed by atoms with E-state index in [0.29, 0.717) is 17.9 Å². The minimum Gasteiger partial charge on any atom is -0.337 e. The molecule has 0 bridgehead atoms. The van der Waals surface area contributed by atoms with Gasteiger partial charge in [-0.05, 0) is 83.0 Å². The molecule has 0 fully saturated rings. The van der Waals surface area contributed by atoms with Crippen LogP contribution in [0.2, 0.25) is 0 Å². The predicted octanol–water partition coefficient (Wildman–Crippen LogP) is 10.8. The van der Waals surface area contributed by atoms with E-state index in [1.54, 1.807) is 0 Å². The van der Waals surface area contributed by atoms with Crippen LogP contribution in [0.15, 0.2) is 169 Å². The smallest absolute Gasteiger partial charge is 0.0626 e. The van der Waals surface area contributed by atoms with Crippen molar-refractivity contribution in [3.05, 3.63) is 180 Å². The number of allylic oxidation sites excluding steroid dienone is 5. The molecule has 6 aromatic rings. The third-order valence-corrected chi connectivity index (χ3v) is 10.1. The Balaban J connectivity index is 0.932. The lowest BCUT2D eigenvalue weighted by Crippen LogP contribution is -2.33. The first-order valence-electron chi connectivity index (χ1n) is 16.5. The molecule has 3 atom stereocenters. The maximum Gasteiger partial charge on any atom is 0.0626 e. The molecule has 2 nitrogen and oxygen atoms in total. The third kappa shape index (κ3) is 4.48. The van der Waals surface area contributed by atoms with Crippen molar-refractivity contribution in [3.8, 4) is 16.8 Å². The number of hydrogen-bond acceptors (Lipinski definition) is 1. The highest BCUT2D eigenvalue weighted by Crippen LogP contribution is 2.45. The molecule has 2 heteroatoms. The van der Waals surface area contributed by atoms with E-state index in [0.717, 1.165) is 12.8 Å². The fourth-order valence-corrected chi connectivity index (χ4v) is 7.86. The molecule has 2 aliphatic carbocycles. The fourth-order valence-electron chi connectivity index (χ4n) is 7.86. The van der Waals surface area contributed by atoms with E-state index in [-0.39, 0.29) is 0 Å². The van der Waals surface area contributed by atoms with Crippen LogP contribution in [0.25, 0.3) is 38.6 Å². The molecule has 5 aromatic carbocycles. The lowest BCUT2D eigenvalue weighted by Gasteiger charge is -2.31. The van der Waals surface area contributed by atoms with Crippen LogP contribution in [0.1, 0.15) is 24.5 Å². The monoisotopic (exact) mass is 592 g/mol. The molecule has 3 aliphatic rings. The lowest BCUT2D eigenvalue weighted by molar-refractivity contribution is 0.664. The number of rotatable bonds is 5. The number of hydrogen-bond donors (Lipinski definition) is 0. The minimum atomic E-state index is 0.374. The Labute approximate surface area is 270 Å². The summed E-state index contributed by atoms with van der Waals surface area (Å²) in [6, 6.07) is 45.1. The largest absolute Gasteiger partial charge is 0.337 e. The van der Waals surface area contributed by atoms with Gasteiger partial charge in [0.05, 0.1) is 17.1 Å². The van der Waals surface area contributed by atoms with Gasteiger partial charge in [-0.2, -0.15) is 0 Å². The standard InChI is InChI=1S/C44H36N2/c1-30-14-27-40-39-10-4-7-13-43(39)46(44(40)28-30)35-23-17-32(18-24-35)29-31-15-19-33(20-16-31)34-21-25-36(26-22-34)45-41-11-5-2-8-37(41)38-9-3-6-12-42(38)45/h2-27,30,39,43H,28-29H2,1H3. The van der Waals surface area contributed by atoms with E-state index in [2.05, 4.69) is 174 Å². The van der Waals surface area contributed by atoms with Crippen LogP contribution in [-0.2, 0) is 6.42 Å². The topological polar surface area (TPSA) is 8.17 Å². The average molecular weight is 593 g/mol. The molecular weight excluding hydrogens is 556 g/mol. The Kier molecular flexibility index (Phi) is 6.41. The quantitative estimate of drug-likeness (QED) is 0.193. The summed E-state index contributed by atoms with van der Waals surface area (Å²) in [6.07, 6.45) is 15.9. The van der Waals surface area contributed by atoms with Crippen LogP contribution in [-0.4, -0.2) is 10.6 Å². The van der Waals surface area contributed by atoms with Gasteiger partial charge in [0, 0.05) is 33.8 Å². The molecule has 9 rings (SSSR count). The van der Waals surface area contributed by atoms with Crippen molar-refractivity contribution in [1.29, 1.82) is 0 Å². The number of aromatic nitrogens is 1. The van der Waals surface area contributed by atoms with Gasteiger partial charge in [-0.1, -0.05) is 128 Å². The van der Waals surface area contributed by atoms with Crippen LogP contribution in [0.4, 0.5) is 5.69 Å². The highest BCUT2D eigenvalue weighted by atomic mass is 15.2. The first-order valence-corrected chi connectivity index (χ1v) is 16.5. The van der Waals surface area contributed by atoms with Gasteiger partial charge >= 0.3 is 0 Å². The lowest BCUT2D eigenvalue weighted by atomic mass is 9.87. The maximum absolute atomic E-state index is 2.59. The molecule has 222 valence electrons. The molecule has 0 amide bonds. The summed E-state index contributed by atoms with van der Waals surface area (Å²) in [5, 5.41) is 2.58. The van der Waals surface area contributed by atoms with E-state index < -0.39 is 0 Å². The van der Waals surface area contributed by atoms with Crippen LogP contribution < -0.4 is 4.90 Å². The van der Waals surface area contributed by atoms with E-state index in [1.165, 1.54) is 66.7 Å². The molecule has 46 heavy (non-hydrogen) atoms. The minimum absolute atomic E-state index is 0.374. The van der Waals surface area contributed by atoms with Gasteiger partial charge in [0.15, 0.2) is 0 Å². The molecule has 0 radical (unpaired) electrons. The average Bonchev–Trinajstić information content (AvgIpc) is 3.62. The molecule has 3 unspecified atom stereocenters. The van der Waals surface area contributed by atoms with Gasteiger partial charge in [-0.15, -0.1) is 0 Å². The summed E-state index contributed by atoms with van der Waals surface area (Å²) in [5.74, 6) is 1.03. The zero-order valence-electron chi connectivity index (χ0n) is 26.1. The zero-order valence-corrected chi connectivity index (χ0v) is 26.1. The summed E-state index contributed by atoms with van der Waals surface area (Å²) < 4.78 is 2.37. The summed E-state index contributed by atoms with van der Waals surface area (Å²) >= 11 is 0. The SMILES string of the molecule is CC1C=CC2=C(C1)N(c1ccc(Cc3ccc(-c4ccc(-n5c6ccccc6c6ccccc65)cc4)cc3)cc1)C1C=CC=CC21. The van der Waals surface area contributed by atoms with E-state index in [4.69, 9.17) is 0 Å². The number of benzene rings is 5. The molecule has 2 heterocycles. The van der Waals surface area contributed by atoms with E-state index >= 15 is 0 Å². The number of nitrogens with zero attached hydrogens (tertiary/aromatic N) is 2.